The van der Waals surface area contributed by atoms with Crippen LogP contribution in [-0.2, 0) is 10.0 Å². The molecule has 0 aliphatic carbocycles. The fourth-order valence-electron chi connectivity index (χ4n) is 3.68. The number of nitrogens with zero attached hydrogens (tertiary/aromatic N) is 2. The summed E-state index contributed by atoms with van der Waals surface area (Å²) in [5, 5.41) is 12.3. The number of fused-ring (bicyclic) bond motifs is 1. The second kappa shape index (κ2) is 12.0. The molecule has 0 bridgehead atoms. The van der Waals surface area contributed by atoms with Crippen molar-refractivity contribution in [2.75, 3.05) is 37.5 Å². The summed E-state index contributed by atoms with van der Waals surface area (Å²) in [6, 6.07) is 16.0. The number of aromatic nitrogens is 2. The number of ketones is 1. The Morgan fingerprint density at radius 1 is 0.949 bits per heavy atom. The van der Waals surface area contributed by atoms with E-state index in [1.54, 1.807) is 42.5 Å². The van der Waals surface area contributed by atoms with Crippen LogP contribution in [0, 0.1) is 0 Å². The zero-order chi connectivity index (χ0) is 28.0. The van der Waals surface area contributed by atoms with Gasteiger partial charge in [-0.15, -0.1) is 0 Å². The van der Waals surface area contributed by atoms with Crippen molar-refractivity contribution in [3.8, 4) is 17.2 Å². The van der Waals surface area contributed by atoms with Gasteiger partial charge in [-0.05, 0) is 31.2 Å². The van der Waals surface area contributed by atoms with E-state index in [1.165, 1.54) is 39.3 Å². The number of anilines is 3. The van der Waals surface area contributed by atoms with Gasteiger partial charge >= 0.3 is 0 Å². The van der Waals surface area contributed by atoms with E-state index >= 15 is 0 Å². The number of hydrogen-bond acceptors (Lipinski definition) is 10. The average Bonchev–Trinajstić information content (AvgIpc) is 2.93. The van der Waals surface area contributed by atoms with Gasteiger partial charge in [0, 0.05) is 30.7 Å². The van der Waals surface area contributed by atoms with Gasteiger partial charge in [-0.1, -0.05) is 24.3 Å². The minimum atomic E-state index is -4.16. The van der Waals surface area contributed by atoms with Gasteiger partial charge in [-0.3, -0.25) is 9.52 Å². The Morgan fingerprint density at radius 3 is 2.31 bits per heavy atom. The van der Waals surface area contributed by atoms with E-state index in [-0.39, 0.29) is 41.1 Å². The molecule has 204 valence electrons. The fourth-order valence-corrected chi connectivity index (χ4v) is 4.74. The Balaban J connectivity index is 1.82. The van der Waals surface area contributed by atoms with Crippen LogP contribution in [0.25, 0.3) is 11.0 Å². The van der Waals surface area contributed by atoms with Crippen molar-refractivity contribution in [2.24, 2.45) is 0 Å². The number of hydrogen-bond donors (Lipinski definition) is 3. The first kappa shape index (κ1) is 27.6. The Hall–Kier alpha value is -4.42. The minimum Gasteiger partial charge on any atom is -0.497 e. The number of sulfonamides is 1. The van der Waals surface area contributed by atoms with Crippen LogP contribution in [0.15, 0.2) is 65.6 Å². The third-order valence-electron chi connectivity index (χ3n) is 5.64. The van der Waals surface area contributed by atoms with Crippen LogP contribution in [-0.4, -0.2) is 56.7 Å². The maximum absolute atomic E-state index is 13.4. The number of ether oxygens (including phenoxy) is 3. The fraction of sp³-hybridized carbons (Fsp3) is 0.222. The number of nitrogens with one attached hydrogen (secondary N) is 2. The predicted molar refractivity (Wildman–Crippen MR) is 147 cm³/mol. The van der Waals surface area contributed by atoms with Gasteiger partial charge < -0.3 is 24.6 Å². The lowest BCUT2D eigenvalue weighted by molar-refractivity contribution is 0.101. The van der Waals surface area contributed by atoms with Crippen LogP contribution >= 0.6 is 0 Å². The van der Waals surface area contributed by atoms with Gasteiger partial charge in [0.2, 0.25) is 0 Å². The number of aliphatic hydroxyl groups is 1. The second-order valence-corrected chi connectivity index (χ2v) is 10.0. The van der Waals surface area contributed by atoms with E-state index in [4.69, 9.17) is 14.2 Å². The van der Waals surface area contributed by atoms with Crippen LogP contribution in [0.5, 0.6) is 17.2 Å². The average molecular weight is 553 g/mol. The molecule has 0 amide bonds. The zero-order valence-electron chi connectivity index (χ0n) is 21.6. The lowest BCUT2D eigenvalue weighted by atomic mass is 10.2. The molecule has 3 aromatic carbocycles. The summed E-state index contributed by atoms with van der Waals surface area (Å²) in [5.74, 6) is 0.852. The van der Waals surface area contributed by atoms with E-state index < -0.39 is 10.0 Å². The minimum absolute atomic E-state index is 0.0614. The van der Waals surface area contributed by atoms with E-state index in [1.807, 2.05) is 0 Å². The third-order valence-corrected chi connectivity index (χ3v) is 6.97. The number of aliphatic hydroxyl groups excluding tert-OH is 1. The summed E-state index contributed by atoms with van der Waals surface area (Å²) in [6.45, 7) is 1.50. The SMILES string of the molecule is COc1cc(Nc2nc3ccccc3nc2NS(=O)(=O)c2cccc(C(C)=O)c2)c(OCCCO)c(OC)c1. The van der Waals surface area contributed by atoms with Gasteiger partial charge in [0.15, 0.2) is 28.9 Å². The summed E-state index contributed by atoms with van der Waals surface area (Å²) in [5.41, 5.74) is 1.60. The zero-order valence-corrected chi connectivity index (χ0v) is 22.4. The molecule has 39 heavy (non-hydrogen) atoms. The Labute approximate surface area is 225 Å². The summed E-state index contributed by atoms with van der Waals surface area (Å²) >= 11 is 0. The maximum atomic E-state index is 13.4. The summed E-state index contributed by atoms with van der Waals surface area (Å²) < 4.78 is 46.0. The first-order valence-electron chi connectivity index (χ1n) is 11.9. The number of carbonyl (C=O) groups is 1. The molecule has 4 aromatic rings. The summed E-state index contributed by atoms with van der Waals surface area (Å²) in [4.78, 5) is 20.8. The highest BCUT2D eigenvalue weighted by atomic mass is 32.2. The Morgan fingerprint density at radius 2 is 1.67 bits per heavy atom. The number of benzene rings is 3. The molecule has 1 aromatic heterocycles. The van der Waals surface area contributed by atoms with Gasteiger partial charge in [-0.2, -0.15) is 0 Å². The molecule has 0 radical (unpaired) electrons. The highest BCUT2D eigenvalue weighted by Crippen LogP contribution is 2.42. The van der Waals surface area contributed by atoms with E-state index in [0.717, 1.165) is 0 Å². The van der Waals surface area contributed by atoms with Gasteiger partial charge in [0.05, 0.1) is 42.4 Å². The number of methoxy groups -OCH3 is 2. The van der Waals surface area contributed by atoms with Gasteiger partial charge in [0.25, 0.3) is 10.0 Å². The molecular formula is C27H28N4O7S. The molecule has 4 rings (SSSR count). The molecule has 11 nitrogen and oxygen atoms in total. The molecule has 0 saturated heterocycles. The Kier molecular flexibility index (Phi) is 8.47. The molecule has 0 unspecified atom stereocenters. The molecular weight excluding hydrogens is 524 g/mol. The van der Waals surface area contributed by atoms with Crippen LogP contribution in [0.4, 0.5) is 17.3 Å². The molecule has 0 atom stereocenters. The number of carbonyl (C=O) groups excluding carboxylic acids is 1. The first-order chi connectivity index (χ1) is 18.7. The topological polar surface area (TPSA) is 149 Å². The summed E-state index contributed by atoms with van der Waals surface area (Å²) in [6.07, 6.45) is 0.384. The lowest BCUT2D eigenvalue weighted by Gasteiger charge is -2.19. The Bertz CT molecular complexity index is 1610. The molecule has 0 aliphatic heterocycles. The van der Waals surface area contributed by atoms with Crippen molar-refractivity contribution in [3.05, 3.63) is 66.2 Å². The van der Waals surface area contributed by atoms with Crippen molar-refractivity contribution in [1.29, 1.82) is 0 Å². The first-order valence-corrected chi connectivity index (χ1v) is 13.4. The van der Waals surface area contributed by atoms with Crippen molar-refractivity contribution in [1.82, 2.24) is 9.97 Å². The quantitative estimate of drug-likeness (QED) is 0.173. The van der Waals surface area contributed by atoms with Crippen LogP contribution in [0.2, 0.25) is 0 Å². The number of rotatable bonds is 12. The highest BCUT2D eigenvalue weighted by Gasteiger charge is 2.22. The molecule has 0 spiro atoms. The number of Topliss-reactive ketones (excluding diaryl/α,β-unsaturated/α-hetero) is 1. The normalized spacial score (nSPS) is 11.2. The highest BCUT2D eigenvalue weighted by molar-refractivity contribution is 7.92. The monoisotopic (exact) mass is 552 g/mol. The van der Waals surface area contributed by atoms with E-state index in [9.17, 15) is 18.3 Å². The van der Waals surface area contributed by atoms with Crippen molar-refractivity contribution >= 4 is 44.2 Å². The third kappa shape index (κ3) is 6.36. The molecule has 0 fully saturated rings. The summed E-state index contributed by atoms with van der Waals surface area (Å²) in [7, 11) is -1.19. The molecule has 0 saturated carbocycles. The lowest BCUT2D eigenvalue weighted by Crippen LogP contribution is -2.16. The molecule has 12 heteroatoms. The van der Waals surface area contributed by atoms with E-state index in [0.29, 0.717) is 40.4 Å². The van der Waals surface area contributed by atoms with Crippen molar-refractivity contribution in [2.45, 2.75) is 18.2 Å². The smallest absolute Gasteiger partial charge is 0.263 e. The van der Waals surface area contributed by atoms with Gasteiger partial charge in [-0.25, -0.2) is 18.4 Å². The molecule has 1 heterocycles. The second-order valence-electron chi connectivity index (χ2n) is 8.36. The van der Waals surface area contributed by atoms with Crippen molar-refractivity contribution in [3.63, 3.8) is 0 Å². The number of para-hydroxylation sites is 2. The maximum Gasteiger partial charge on any atom is 0.263 e. The molecule has 3 N–H and O–H groups in total. The van der Waals surface area contributed by atoms with Gasteiger partial charge in [0.1, 0.15) is 5.75 Å². The van der Waals surface area contributed by atoms with E-state index in [2.05, 4.69) is 20.0 Å². The molecule has 0 aliphatic rings. The standard InChI is InChI=1S/C27H28N4O7S/c1-17(33)18-8-6-9-20(14-18)39(34,35)31-27-26(28-21-10-4-5-11-22(21)29-27)30-23-15-19(36-2)16-24(37-3)25(23)38-13-7-12-32/h4-6,8-11,14-16,32H,7,12-13H2,1-3H3,(H,28,30)(H,29,31). The van der Waals surface area contributed by atoms with Crippen LogP contribution in [0.1, 0.15) is 23.7 Å². The largest absolute Gasteiger partial charge is 0.497 e. The van der Waals surface area contributed by atoms with Crippen LogP contribution < -0.4 is 24.2 Å². The van der Waals surface area contributed by atoms with Crippen LogP contribution in [0.3, 0.4) is 0 Å². The van der Waals surface area contributed by atoms with Crippen molar-refractivity contribution < 1.29 is 32.5 Å². The predicted octanol–water partition coefficient (Wildman–Crippen LogP) is 4.16.